The SMILES string of the molecule is Fc1cc(-c2ccnc(Nc3ccc(N4CN=CN4)cc3)n2)cc(N2CCOCC2)c1. The van der Waals surface area contributed by atoms with E-state index < -0.39 is 0 Å². The lowest BCUT2D eigenvalue weighted by Crippen LogP contribution is -2.36. The Morgan fingerprint density at radius 1 is 1.00 bits per heavy atom. The maximum atomic E-state index is 14.3. The number of nitrogens with one attached hydrogen (secondary N) is 2. The Labute approximate surface area is 179 Å². The van der Waals surface area contributed by atoms with Crippen LogP contribution in [0, 0.1) is 5.82 Å². The number of aliphatic imine (C=N–C) groups is 1. The van der Waals surface area contributed by atoms with E-state index in [2.05, 4.69) is 30.6 Å². The third-order valence-corrected chi connectivity index (χ3v) is 5.17. The summed E-state index contributed by atoms with van der Waals surface area (Å²) >= 11 is 0. The minimum Gasteiger partial charge on any atom is -0.378 e. The summed E-state index contributed by atoms with van der Waals surface area (Å²) < 4.78 is 19.7. The Kier molecular flexibility index (Phi) is 5.32. The van der Waals surface area contributed by atoms with E-state index in [1.54, 1.807) is 24.7 Å². The van der Waals surface area contributed by atoms with Crippen LogP contribution in [0.1, 0.15) is 0 Å². The average Bonchev–Trinajstić information content (AvgIpc) is 3.35. The van der Waals surface area contributed by atoms with Gasteiger partial charge in [0.1, 0.15) is 18.8 Å². The molecule has 2 N–H and O–H groups in total. The number of hydrazine groups is 1. The molecule has 2 aromatic carbocycles. The minimum absolute atomic E-state index is 0.290. The lowest BCUT2D eigenvalue weighted by molar-refractivity contribution is 0.122. The molecule has 0 unspecified atom stereocenters. The standard InChI is InChI=1S/C22H22FN7O/c23-17-11-16(12-20(13-17)29-7-9-31-10-8-29)21-5-6-25-22(28-21)27-18-1-3-19(4-2-18)30-15-24-14-26-30/h1-6,11-14H,7-10,15H2,(H,24,26)(H,25,27,28). The van der Waals surface area contributed by atoms with E-state index in [1.807, 2.05) is 35.3 Å². The molecule has 158 valence electrons. The van der Waals surface area contributed by atoms with Gasteiger partial charge in [-0.3, -0.25) is 15.4 Å². The fourth-order valence-electron chi connectivity index (χ4n) is 3.59. The van der Waals surface area contributed by atoms with Crippen LogP contribution in [0.4, 0.5) is 27.4 Å². The van der Waals surface area contributed by atoms with Crippen LogP contribution in [0.15, 0.2) is 59.7 Å². The van der Waals surface area contributed by atoms with E-state index >= 15 is 0 Å². The second-order valence-corrected chi connectivity index (χ2v) is 7.25. The highest BCUT2D eigenvalue weighted by Crippen LogP contribution is 2.27. The van der Waals surface area contributed by atoms with Crippen LogP contribution in [0.25, 0.3) is 11.3 Å². The predicted octanol–water partition coefficient (Wildman–Crippen LogP) is 3.17. The minimum atomic E-state index is -0.290. The van der Waals surface area contributed by atoms with Gasteiger partial charge < -0.3 is 15.0 Å². The summed E-state index contributed by atoms with van der Waals surface area (Å²) in [7, 11) is 0. The highest BCUT2D eigenvalue weighted by Gasteiger charge is 2.14. The molecule has 31 heavy (non-hydrogen) atoms. The van der Waals surface area contributed by atoms with Crippen molar-refractivity contribution in [2.45, 2.75) is 0 Å². The van der Waals surface area contributed by atoms with E-state index in [0.717, 1.165) is 30.2 Å². The van der Waals surface area contributed by atoms with E-state index in [4.69, 9.17) is 4.74 Å². The number of morpholine rings is 1. The molecule has 2 aliphatic heterocycles. The zero-order valence-electron chi connectivity index (χ0n) is 16.8. The summed E-state index contributed by atoms with van der Waals surface area (Å²) in [6, 6.07) is 14.6. The number of benzene rings is 2. The maximum absolute atomic E-state index is 14.3. The largest absolute Gasteiger partial charge is 0.378 e. The van der Waals surface area contributed by atoms with Gasteiger partial charge in [0.25, 0.3) is 0 Å². The summed E-state index contributed by atoms with van der Waals surface area (Å²) in [5, 5.41) is 5.14. The van der Waals surface area contributed by atoms with Gasteiger partial charge >= 0.3 is 0 Å². The first-order valence-electron chi connectivity index (χ1n) is 10.1. The van der Waals surface area contributed by atoms with Crippen molar-refractivity contribution in [3.63, 3.8) is 0 Å². The zero-order valence-corrected chi connectivity index (χ0v) is 16.8. The van der Waals surface area contributed by atoms with Gasteiger partial charge in [-0.2, -0.15) is 0 Å². The molecule has 0 aliphatic carbocycles. The van der Waals surface area contributed by atoms with Gasteiger partial charge in [0.15, 0.2) is 0 Å². The normalized spacial score (nSPS) is 15.8. The molecule has 2 aliphatic rings. The third kappa shape index (κ3) is 4.41. The Morgan fingerprint density at radius 2 is 1.84 bits per heavy atom. The van der Waals surface area contributed by atoms with Gasteiger partial charge in [-0.25, -0.2) is 14.4 Å². The van der Waals surface area contributed by atoms with Crippen molar-refractivity contribution in [2.24, 2.45) is 4.99 Å². The number of aromatic nitrogens is 2. The van der Waals surface area contributed by atoms with Crippen molar-refractivity contribution < 1.29 is 9.13 Å². The summed E-state index contributed by atoms with van der Waals surface area (Å²) in [6.45, 7) is 3.36. The zero-order chi connectivity index (χ0) is 21.0. The fraction of sp³-hybridized carbons (Fsp3) is 0.227. The number of rotatable bonds is 5. The molecule has 3 heterocycles. The van der Waals surface area contributed by atoms with Crippen LogP contribution in [-0.4, -0.2) is 49.3 Å². The van der Waals surface area contributed by atoms with Gasteiger partial charge in [0.2, 0.25) is 5.95 Å². The van der Waals surface area contributed by atoms with E-state index in [0.29, 0.717) is 37.1 Å². The van der Waals surface area contributed by atoms with Crippen LogP contribution < -0.4 is 20.7 Å². The number of ether oxygens (including phenoxy) is 1. The molecule has 0 spiro atoms. The molecule has 0 atom stereocenters. The molecule has 0 saturated carbocycles. The van der Waals surface area contributed by atoms with E-state index in [-0.39, 0.29) is 5.82 Å². The van der Waals surface area contributed by atoms with Crippen molar-refractivity contribution in [2.75, 3.05) is 48.2 Å². The number of hydrogen-bond donors (Lipinski definition) is 2. The molecule has 0 amide bonds. The molecule has 3 aromatic rings. The highest BCUT2D eigenvalue weighted by molar-refractivity contribution is 5.68. The molecule has 0 radical (unpaired) electrons. The van der Waals surface area contributed by atoms with Gasteiger partial charge in [-0.15, -0.1) is 0 Å². The molecular weight excluding hydrogens is 397 g/mol. The van der Waals surface area contributed by atoms with Crippen molar-refractivity contribution in [3.05, 3.63) is 60.5 Å². The predicted molar refractivity (Wildman–Crippen MR) is 119 cm³/mol. The van der Waals surface area contributed by atoms with Crippen molar-refractivity contribution in [1.29, 1.82) is 0 Å². The Morgan fingerprint density at radius 3 is 2.61 bits per heavy atom. The van der Waals surface area contributed by atoms with Gasteiger partial charge in [-0.1, -0.05) is 0 Å². The van der Waals surface area contributed by atoms with Crippen LogP contribution in [0.2, 0.25) is 0 Å². The Bertz CT molecular complexity index is 1080. The first kappa shape index (κ1) is 19.3. The number of anilines is 4. The second-order valence-electron chi connectivity index (χ2n) is 7.25. The van der Waals surface area contributed by atoms with Gasteiger partial charge in [0.05, 0.1) is 24.6 Å². The van der Waals surface area contributed by atoms with Crippen LogP contribution >= 0.6 is 0 Å². The number of halogens is 1. The summed E-state index contributed by atoms with van der Waals surface area (Å²) in [4.78, 5) is 15.2. The quantitative estimate of drug-likeness (QED) is 0.658. The fourth-order valence-corrected chi connectivity index (χ4v) is 3.59. The third-order valence-electron chi connectivity index (χ3n) is 5.17. The number of hydrogen-bond acceptors (Lipinski definition) is 8. The molecule has 9 heteroatoms. The Hall–Kier alpha value is -3.72. The molecular formula is C22H22FN7O. The average molecular weight is 419 g/mol. The molecule has 8 nitrogen and oxygen atoms in total. The second kappa shape index (κ2) is 8.57. The summed E-state index contributed by atoms with van der Waals surface area (Å²) in [5.74, 6) is 0.160. The summed E-state index contributed by atoms with van der Waals surface area (Å²) in [6.07, 6.45) is 3.34. The molecule has 5 rings (SSSR count). The van der Waals surface area contributed by atoms with Gasteiger partial charge in [0, 0.05) is 36.2 Å². The smallest absolute Gasteiger partial charge is 0.227 e. The van der Waals surface area contributed by atoms with E-state index in [9.17, 15) is 4.39 Å². The molecule has 1 fully saturated rings. The molecule has 1 aromatic heterocycles. The van der Waals surface area contributed by atoms with Crippen LogP contribution in [0.5, 0.6) is 0 Å². The lowest BCUT2D eigenvalue weighted by Gasteiger charge is -2.29. The monoisotopic (exact) mass is 419 g/mol. The lowest BCUT2D eigenvalue weighted by atomic mass is 10.1. The van der Waals surface area contributed by atoms with Gasteiger partial charge in [-0.05, 0) is 48.5 Å². The Balaban J connectivity index is 1.35. The maximum Gasteiger partial charge on any atom is 0.227 e. The van der Waals surface area contributed by atoms with Crippen molar-refractivity contribution in [1.82, 2.24) is 15.4 Å². The first-order valence-corrected chi connectivity index (χ1v) is 10.1. The van der Waals surface area contributed by atoms with E-state index in [1.165, 1.54) is 6.07 Å². The van der Waals surface area contributed by atoms with Crippen molar-refractivity contribution in [3.8, 4) is 11.3 Å². The highest BCUT2D eigenvalue weighted by atomic mass is 19.1. The first-order chi connectivity index (χ1) is 15.2. The number of nitrogens with zero attached hydrogens (tertiary/aromatic N) is 5. The van der Waals surface area contributed by atoms with Crippen LogP contribution in [0.3, 0.4) is 0 Å². The van der Waals surface area contributed by atoms with Crippen molar-refractivity contribution >= 4 is 29.3 Å². The molecule has 0 bridgehead atoms. The summed E-state index contributed by atoms with van der Waals surface area (Å²) in [5.41, 5.74) is 7.12. The molecule has 1 saturated heterocycles. The topological polar surface area (TPSA) is 77.9 Å². The van der Waals surface area contributed by atoms with Crippen LogP contribution in [-0.2, 0) is 4.74 Å².